The summed E-state index contributed by atoms with van der Waals surface area (Å²) < 4.78 is 5.60. The first kappa shape index (κ1) is 16.3. The van der Waals surface area contributed by atoms with E-state index in [4.69, 9.17) is 16.3 Å². The van der Waals surface area contributed by atoms with Gasteiger partial charge in [0.25, 0.3) is 5.69 Å². The standard InChI is InChI=1S/C15H11ClN2O3.ClH/c16-11-3-1-10(2-4-11)15-13-9-12(18(19)20)5-6-14(13)21-8-7-17-15;/h1-6,9H,7-8H2;1H. The van der Waals surface area contributed by atoms with Crippen LogP contribution in [-0.2, 0) is 0 Å². The minimum atomic E-state index is -0.426. The number of non-ortho nitro benzene ring substituents is 1. The van der Waals surface area contributed by atoms with Crippen molar-refractivity contribution in [2.75, 3.05) is 13.2 Å². The van der Waals surface area contributed by atoms with Gasteiger partial charge in [-0.1, -0.05) is 23.7 Å². The van der Waals surface area contributed by atoms with Crippen molar-refractivity contribution in [1.82, 2.24) is 0 Å². The van der Waals surface area contributed by atoms with Gasteiger partial charge in [0.2, 0.25) is 0 Å². The normalized spacial score (nSPS) is 13.0. The Hall–Kier alpha value is -2.11. The van der Waals surface area contributed by atoms with Crippen LogP contribution < -0.4 is 4.74 Å². The minimum Gasteiger partial charge on any atom is -0.491 e. The lowest BCUT2D eigenvalue weighted by Crippen LogP contribution is -2.04. The van der Waals surface area contributed by atoms with E-state index in [2.05, 4.69) is 4.99 Å². The van der Waals surface area contributed by atoms with Crippen LogP contribution in [0.5, 0.6) is 5.75 Å². The van der Waals surface area contributed by atoms with E-state index in [9.17, 15) is 10.1 Å². The molecule has 1 heterocycles. The predicted octanol–water partition coefficient (Wildman–Crippen LogP) is 3.90. The van der Waals surface area contributed by atoms with E-state index in [1.165, 1.54) is 12.1 Å². The van der Waals surface area contributed by atoms with E-state index in [1.807, 2.05) is 12.1 Å². The molecule has 7 heteroatoms. The smallest absolute Gasteiger partial charge is 0.270 e. The van der Waals surface area contributed by atoms with Gasteiger partial charge in [0.15, 0.2) is 0 Å². The molecule has 3 rings (SSSR count). The van der Waals surface area contributed by atoms with Gasteiger partial charge in [-0.2, -0.15) is 0 Å². The second-order valence-corrected chi connectivity index (χ2v) is 4.96. The summed E-state index contributed by atoms with van der Waals surface area (Å²) in [6.45, 7) is 0.947. The Kier molecular flexibility index (Phi) is 5.00. The third-order valence-electron chi connectivity index (χ3n) is 3.17. The number of hydrogen-bond donors (Lipinski definition) is 0. The SMILES string of the molecule is Cl.O=[N+]([O-])c1ccc2c(c1)C(c1ccc(Cl)cc1)=NCCO2. The molecule has 0 spiro atoms. The van der Waals surface area contributed by atoms with E-state index in [0.29, 0.717) is 35.2 Å². The van der Waals surface area contributed by atoms with Gasteiger partial charge >= 0.3 is 0 Å². The molecule has 2 aromatic carbocycles. The Morgan fingerprint density at radius 2 is 1.91 bits per heavy atom. The first-order chi connectivity index (χ1) is 10.1. The summed E-state index contributed by atoms with van der Waals surface area (Å²) >= 11 is 5.90. The number of nitro benzene ring substituents is 1. The number of ether oxygens (including phenoxy) is 1. The van der Waals surface area contributed by atoms with E-state index in [-0.39, 0.29) is 18.1 Å². The van der Waals surface area contributed by atoms with Crippen LogP contribution >= 0.6 is 24.0 Å². The van der Waals surface area contributed by atoms with Crippen LogP contribution in [0.4, 0.5) is 5.69 Å². The van der Waals surface area contributed by atoms with Crippen molar-refractivity contribution in [1.29, 1.82) is 0 Å². The molecule has 5 nitrogen and oxygen atoms in total. The molecule has 0 saturated carbocycles. The molecule has 2 aromatic rings. The van der Waals surface area contributed by atoms with Crippen molar-refractivity contribution in [3.05, 3.63) is 68.7 Å². The topological polar surface area (TPSA) is 64.7 Å². The van der Waals surface area contributed by atoms with Crippen molar-refractivity contribution in [2.45, 2.75) is 0 Å². The predicted molar refractivity (Wildman–Crippen MR) is 87.8 cm³/mol. The average Bonchev–Trinajstić information content (AvgIpc) is 2.69. The minimum absolute atomic E-state index is 0. The summed E-state index contributed by atoms with van der Waals surface area (Å²) in [5.74, 6) is 0.604. The maximum Gasteiger partial charge on any atom is 0.270 e. The highest BCUT2D eigenvalue weighted by Gasteiger charge is 2.19. The Morgan fingerprint density at radius 1 is 1.18 bits per heavy atom. The largest absolute Gasteiger partial charge is 0.491 e. The second kappa shape index (κ2) is 6.77. The van der Waals surface area contributed by atoms with Gasteiger partial charge in [-0.3, -0.25) is 15.1 Å². The van der Waals surface area contributed by atoms with E-state index in [1.54, 1.807) is 18.2 Å². The molecule has 0 aliphatic carbocycles. The quantitative estimate of drug-likeness (QED) is 0.616. The van der Waals surface area contributed by atoms with E-state index < -0.39 is 4.92 Å². The maximum absolute atomic E-state index is 11.0. The first-order valence-electron chi connectivity index (χ1n) is 6.37. The van der Waals surface area contributed by atoms with E-state index in [0.717, 1.165) is 5.56 Å². The maximum atomic E-state index is 11.0. The van der Waals surface area contributed by atoms with Gasteiger partial charge in [0.1, 0.15) is 12.4 Å². The van der Waals surface area contributed by atoms with Crippen molar-refractivity contribution in [3.63, 3.8) is 0 Å². The summed E-state index contributed by atoms with van der Waals surface area (Å²) in [5, 5.41) is 11.6. The molecule has 0 radical (unpaired) electrons. The van der Waals surface area contributed by atoms with Crippen LogP contribution in [0.15, 0.2) is 47.5 Å². The molecule has 0 N–H and O–H groups in total. The van der Waals surface area contributed by atoms with Crippen LogP contribution in [-0.4, -0.2) is 23.8 Å². The van der Waals surface area contributed by atoms with Crippen LogP contribution in [0.2, 0.25) is 5.02 Å². The highest BCUT2D eigenvalue weighted by atomic mass is 35.5. The monoisotopic (exact) mass is 338 g/mol. The fraction of sp³-hybridized carbons (Fsp3) is 0.133. The highest BCUT2D eigenvalue weighted by Crippen LogP contribution is 2.29. The number of aliphatic imine (C=N–C) groups is 1. The fourth-order valence-electron chi connectivity index (χ4n) is 2.20. The summed E-state index contributed by atoms with van der Waals surface area (Å²) in [4.78, 5) is 15.0. The van der Waals surface area contributed by atoms with Crippen molar-refractivity contribution >= 4 is 35.4 Å². The molecule has 0 fully saturated rings. The van der Waals surface area contributed by atoms with Crippen molar-refractivity contribution in [2.24, 2.45) is 4.99 Å². The van der Waals surface area contributed by atoms with Gasteiger partial charge in [-0.05, 0) is 18.2 Å². The zero-order chi connectivity index (χ0) is 14.8. The summed E-state index contributed by atoms with van der Waals surface area (Å²) in [7, 11) is 0. The van der Waals surface area contributed by atoms with Gasteiger partial charge < -0.3 is 4.74 Å². The Balaban J connectivity index is 0.00000176. The summed E-state index contributed by atoms with van der Waals surface area (Å²) in [6, 6.07) is 11.8. The molecule has 114 valence electrons. The summed E-state index contributed by atoms with van der Waals surface area (Å²) in [5.41, 5.74) is 2.18. The highest BCUT2D eigenvalue weighted by molar-refractivity contribution is 6.30. The Labute approximate surface area is 138 Å². The number of nitrogens with zero attached hydrogens (tertiary/aromatic N) is 2. The van der Waals surface area contributed by atoms with Gasteiger partial charge in [0, 0.05) is 28.3 Å². The number of fused-ring (bicyclic) bond motifs is 1. The van der Waals surface area contributed by atoms with Gasteiger partial charge in [0.05, 0.1) is 17.2 Å². The number of hydrogen-bond acceptors (Lipinski definition) is 4. The number of nitro groups is 1. The zero-order valence-corrected chi connectivity index (χ0v) is 12.9. The van der Waals surface area contributed by atoms with Crippen molar-refractivity contribution < 1.29 is 9.66 Å². The summed E-state index contributed by atoms with van der Waals surface area (Å²) in [6.07, 6.45) is 0. The fourth-order valence-corrected chi connectivity index (χ4v) is 2.32. The molecule has 0 atom stereocenters. The lowest BCUT2D eigenvalue weighted by molar-refractivity contribution is -0.384. The number of halogens is 2. The molecule has 1 aliphatic rings. The molecule has 22 heavy (non-hydrogen) atoms. The molecule has 0 bridgehead atoms. The van der Waals surface area contributed by atoms with Gasteiger partial charge in [-0.25, -0.2) is 0 Å². The van der Waals surface area contributed by atoms with Crippen LogP contribution in [0.3, 0.4) is 0 Å². The first-order valence-corrected chi connectivity index (χ1v) is 6.75. The third kappa shape index (κ3) is 3.21. The van der Waals surface area contributed by atoms with Crippen LogP contribution in [0, 0.1) is 10.1 Å². The lowest BCUT2D eigenvalue weighted by atomic mass is 10.0. The molecular weight excluding hydrogens is 327 g/mol. The molecule has 0 unspecified atom stereocenters. The van der Waals surface area contributed by atoms with E-state index >= 15 is 0 Å². The molecule has 0 aromatic heterocycles. The molecule has 1 aliphatic heterocycles. The van der Waals surface area contributed by atoms with Crippen LogP contribution in [0.1, 0.15) is 11.1 Å². The van der Waals surface area contributed by atoms with Crippen LogP contribution in [0.25, 0.3) is 0 Å². The molecule has 0 amide bonds. The Bertz CT molecular complexity index is 730. The number of rotatable bonds is 2. The molecular formula is C15H12Cl2N2O3. The van der Waals surface area contributed by atoms with Crippen molar-refractivity contribution in [3.8, 4) is 5.75 Å². The average molecular weight is 339 g/mol. The van der Waals surface area contributed by atoms with Gasteiger partial charge in [-0.15, -0.1) is 12.4 Å². The second-order valence-electron chi connectivity index (χ2n) is 4.52. The Morgan fingerprint density at radius 3 is 2.59 bits per heavy atom. The lowest BCUT2D eigenvalue weighted by Gasteiger charge is -2.09. The zero-order valence-electron chi connectivity index (χ0n) is 11.4. The third-order valence-corrected chi connectivity index (χ3v) is 3.42. The number of benzene rings is 2. The molecule has 0 saturated heterocycles.